The Morgan fingerprint density at radius 2 is 2.31 bits per heavy atom. The second-order valence-corrected chi connectivity index (χ2v) is 4.18. The molecule has 0 amide bonds. The summed E-state index contributed by atoms with van der Waals surface area (Å²) < 4.78 is 0. The zero-order valence-electron chi connectivity index (χ0n) is 9.59. The molecule has 5 nitrogen and oxygen atoms in total. The van der Waals surface area contributed by atoms with E-state index < -0.39 is 0 Å². The van der Waals surface area contributed by atoms with Crippen LogP contribution in [0.2, 0.25) is 0 Å². The van der Waals surface area contributed by atoms with Crippen molar-refractivity contribution in [3.8, 4) is 6.07 Å². The maximum absolute atomic E-state index is 9.03. The summed E-state index contributed by atoms with van der Waals surface area (Å²) >= 11 is 0. The van der Waals surface area contributed by atoms with Crippen LogP contribution < -0.4 is 4.90 Å². The fourth-order valence-electron chi connectivity index (χ4n) is 2.08. The Bertz CT molecular complexity index is 411. The average Bonchev–Trinajstić information content (AvgIpc) is 2.29. The largest absolute Gasteiger partial charge is 0.349 e. The van der Waals surface area contributed by atoms with Gasteiger partial charge in [0, 0.05) is 25.7 Å². The number of nitriles is 1. The number of piperazine rings is 1. The van der Waals surface area contributed by atoms with E-state index in [0.717, 1.165) is 19.6 Å². The van der Waals surface area contributed by atoms with Crippen LogP contribution in [-0.2, 0) is 0 Å². The van der Waals surface area contributed by atoms with Gasteiger partial charge in [0.2, 0.25) is 0 Å². The van der Waals surface area contributed by atoms with Crippen LogP contribution in [0.15, 0.2) is 12.3 Å². The Morgan fingerprint density at radius 1 is 1.50 bits per heavy atom. The summed E-state index contributed by atoms with van der Waals surface area (Å²) in [6.45, 7) is 5.02. The van der Waals surface area contributed by atoms with Crippen molar-refractivity contribution in [3.05, 3.63) is 17.8 Å². The van der Waals surface area contributed by atoms with Crippen LogP contribution in [0.5, 0.6) is 0 Å². The molecule has 1 aromatic heterocycles. The van der Waals surface area contributed by atoms with Crippen molar-refractivity contribution in [2.24, 2.45) is 0 Å². The number of hydrogen-bond acceptors (Lipinski definition) is 5. The highest BCUT2D eigenvalue weighted by atomic mass is 15.3. The van der Waals surface area contributed by atoms with E-state index in [9.17, 15) is 0 Å². The maximum atomic E-state index is 9.03. The molecule has 2 rings (SSSR count). The van der Waals surface area contributed by atoms with Gasteiger partial charge in [0.1, 0.15) is 6.07 Å². The van der Waals surface area contributed by atoms with Gasteiger partial charge in [-0.05, 0) is 20.0 Å². The third-order valence-electron chi connectivity index (χ3n) is 2.92. The van der Waals surface area contributed by atoms with Crippen LogP contribution in [-0.4, -0.2) is 47.8 Å². The molecule has 2 heterocycles. The van der Waals surface area contributed by atoms with Crippen molar-refractivity contribution in [1.29, 1.82) is 5.26 Å². The Balaban J connectivity index is 2.27. The summed E-state index contributed by atoms with van der Waals surface area (Å²) in [5.41, 5.74) is 0.603. The summed E-state index contributed by atoms with van der Waals surface area (Å²) in [6.07, 6.45) is 1.56. The van der Waals surface area contributed by atoms with E-state index in [-0.39, 0.29) is 0 Å². The summed E-state index contributed by atoms with van der Waals surface area (Å²) in [7, 11) is 2.11. The normalized spacial score (nSPS) is 21.8. The summed E-state index contributed by atoms with van der Waals surface area (Å²) in [6, 6.07) is 4.25. The molecule has 0 bridgehead atoms. The minimum atomic E-state index is 0.363. The lowest BCUT2D eigenvalue weighted by Gasteiger charge is -2.38. The Labute approximate surface area is 95.3 Å². The standard InChI is InChI=1S/C11H15N5/c1-9-8-15(2)5-6-16(9)11-10(7-12)3-4-13-14-11/h3-4,9H,5-6,8H2,1-2H3. The van der Waals surface area contributed by atoms with E-state index >= 15 is 0 Å². The monoisotopic (exact) mass is 217 g/mol. The molecule has 1 aromatic rings. The molecular weight excluding hydrogens is 202 g/mol. The predicted molar refractivity (Wildman–Crippen MR) is 61.1 cm³/mol. The fraction of sp³-hybridized carbons (Fsp3) is 0.545. The topological polar surface area (TPSA) is 56.1 Å². The quantitative estimate of drug-likeness (QED) is 0.685. The van der Waals surface area contributed by atoms with Gasteiger partial charge in [-0.1, -0.05) is 0 Å². The highest BCUT2D eigenvalue weighted by Crippen LogP contribution is 2.20. The van der Waals surface area contributed by atoms with E-state index in [4.69, 9.17) is 5.26 Å². The highest BCUT2D eigenvalue weighted by molar-refractivity contribution is 5.53. The number of nitrogens with zero attached hydrogens (tertiary/aromatic N) is 5. The molecule has 1 fully saturated rings. The van der Waals surface area contributed by atoms with E-state index in [1.54, 1.807) is 12.3 Å². The first-order valence-electron chi connectivity index (χ1n) is 5.39. The number of likely N-dealkylation sites (N-methyl/N-ethyl adjacent to an activating group) is 1. The molecule has 1 saturated heterocycles. The first-order valence-corrected chi connectivity index (χ1v) is 5.39. The molecule has 0 spiro atoms. The molecule has 16 heavy (non-hydrogen) atoms. The lowest BCUT2D eigenvalue weighted by Crippen LogP contribution is -2.51. The number of anilines is 1. The molecule has 0 aromatic carbocycles. The Morgan fingerprint density at radius 3 is 3.00 bits per heavy atom. The van der Waals surface area contributed by atoms with Crippen LogP contribution >= 0.6 is 0 Å². The third-order valence-corrected chi connectivity index (χ3v) is 2.92. The lowest BCUT2D eigenvalue weighted by molar-refractivity contribution is 0.274. The Kier molecular flexibility index (Phi) is 3.02. The van der Waals surface area contributed by atoms with Crippen molar-refractivity contribution >= 4 is 5.82 Å². The lowest BCUT2D eigenvalue weighted by atomic mass is 10.1. The minimum absolute atomic E-state index is 0.363. The van der Waals surface area contributed by atoms with E-state index in [0.29, 0.717) is 17.4 Å². The SMILES string of the molecule is CC1CN(C)CCN1c1nnccc1C#N. The van der Waals surface area contributed by atoms with Crippen molar-refractivity contribution < 1.29 is 0 Å². The zero-order valence-corrected chi connectivity index (χ0v) is 9.59. The van der Waals surface area contributed by atoms with Crippen molar-refractivity contribution in [3.63, 3.8) is 0 Å². The van der Waals surface area contributed by atoms with Gasteiger partial charge in [-0.25, -0.2) is 0 Å². The predicted octanol–water partition coefficient (Wildman–Crippen LogP) is 0.489. The molecule has 0 aliphatic carbocycles. The van der Waals surface area contributed by atoms with E-state index in [1.165, 1.54) is 0 Å². The highest BCUT2D eigenvalue weighted by Gasteiger charge is 2.24. The van der Waals surface area contributed by atoms with Crippen LogP contribution in [0.3, 0.4) is 0 Å². The molecular formula is C11H15N5. The molecule has 84 valence electrons. The molecule has 5 heteroatoms. The number of hydrogen-bond donors (Lipinski definition) is 0. The Hall–Kier alpha value is -1.67. The van der Waals surface area contributed by atoms with Crippen LogP contribution in [0, 0.1) is 11.3 Å². The molecule has 1 aliphatic heterocycles. The molecule has 0 N–H and O–H groups in total. The van der Waals surface area contributed by atoms with Gasteiger partial charge in [0.05, 0.1) is 11.8 Å². The molecule has 1 aliphatic rings. The number of rotatable bonds is 1. The second-order valence-electron chi connectivity index (χ2n) is 4.18. The van der Waals surface area contributed by atoms with Gasteiger partial charge in [-0.3, -0.25) is 0 Å². The summed E-state index contributed by atoms with van der Waals surface area (Å²) in [5.74, 6) is 0.714. The minimum Gasteiger partial charge on any atom is -0.349 e. The van der Waals surface area contributed by atoms with Gasteiger partial charge >= 0.3 is 0 Å². The number of aromatic nitrogens is 2. The van der Waals surface area contributed by atoms with E-state index in [1.807, 2.05) is 0 Å². The second kappa shape index (κ2) is 4.45. The van der Waals surface area contributed by atoms with Crippen LogP contribution in [0.25, 0.3) is 0 Å². The molecule has 0 saturated carbocycles. The van der Waals surface area contributed by atoms with Crippen LogP contribution in [0.1, 0.15) is 12.5 Å². The van der Waals surface area contributed by atoms with E-state index in [2.05, 4.69) is 40.0 Å². The molecule has 1 atom stereocenters. The van der Waals surface area contributed by atoms with Gasteiger partial charge in [0.15, 0.2) is 5.82 Å². The molecule has 1 unspecified atom stereocenters. The summed E-state index contributed by atoms with van der Waals surface area (Å²) in [5, 5.41) is 17.0. The van der Waals surface area contributed by atoms with Crippen LogP contribution in [0.4, 0.5) is 5.82 Å². The third kappa shape index (κ3) is 1.97. The van der Waals surface area contributed by atoms with Crippen molar-refractivity contribution in [2.45, 2.75) is 13.0 Å². The zero-order chi connectivity index (χ0) is 11.5. The van der Waals surface area contributed by atoms with Gasteiger partial charge < -0.3 is 9.80 Å². The van der Waals surface area contributed by atoms with Gasteiger partial charge in [-0.15, -0.1) is 5.10 Å². The fourth-order valence-corrected chi connectivity index (χ4v) is 2.08. The molecule has 0 radical (unpaired) electrons. The maximum Gasteiger partial charge on any atom is 0.169 e. The smallest absolute Gasteiger partial charge is 0.169 e. The van der Waals surface area contributed by atoms with Crippen molar-refractivity contribution in [1.82, 2.24) is 15.1 Å². The first-order chi connectivity index (χ1) is 7.72. The average molecular weight is 217 g/mol. The first kappa shape index (κ1) is 10.8. The summed E-state index contributed by atoms with van der Waals surface area (Å²) in [4.78, 5) is 4.44. The van der Waals surface area contributed by atoms with Gasteiger partial charge in [0.25, 0.3) is 0 Å². The van der Waals surface area contributed by atoms with Gasteiger partial charge in [-0.2, -0.15) is 10.4 Å². The van der Waals surface area contributed by atoms with Crippen molar-refractivity contribution in [2.75, 3.05) is 31.6 Å².